The van der Waals surface area contributed by atoms with Crippen molar-refractivity contribution in [1.82, 2.24) is 20.0 Å². The molecular formula is C9H8ClN5O2. The molecule has 0 bridgehead atoms. The summed E-state index contributed by atoms with van der Waals surface area (Å²) < 4.78 is 6.19. The van der Waals surface area contributed by atoms with Gasteiger partial charge in [0.25, 0.3) is 0 Å². The van der Waals surface area contributed by atoms with Gasteiger partial charge in [0, 0.05) is 0 Å². The topological polar surface area (TPSA) is 95.9 Å². The summed E-state index contributed by atoms with van der Waals surface area (Å²) in [4.78, 5) is 10.5. The molecule has 2 rings (SSSR count). The van der Waals surface area contributed by atoms with Crippen LogP contribution in [0, 0.1) is 0 Å². The number of carbonyl (C=O) groups excluding carboxylic acids is 1. The van der Waals surface area contributed by atoms with Gasteiger partial charge in [0.15, 0.2) is 10.9 Å². The summed E-state index contributed by atoms with van der Waals surface area (Å²) >= 11 is 5.61. The average Bonchev–Trinajstić information content (AvgIpc) is 2.68. The lowest BCUT2D eigenvalue weighted by molar-refractivity contribution is 0.211. The van der Waals surface area contributed by atoms with Crippen molar-refractivity contribution in [2.75, 3.05) is 0 Å². The van der Waals surface area contributed by atoms with Crippen molar-refractivity contribution >= 4 is 17.7 Å². The second kappa shape index (κ2) is 4.79. The second-order valence-electron chi connectivity index (χ2n) is 3.14. The third-order valence-electron chi connectivity index (χ3n) is 1.84. The molecule has 0 fully saturated rings. The Labute approximate surface area is 101 Å². The largest absolute Gasteiger partial charge is 0.410 e. The third-order valence-corrected chi connectivity index (χ3v) is 2.04. The SMILES string of the molecule is NC(=O)Oc1cnn(Cc2ccc(Cl)nn2)c1. The summed E-state index contributed by atoms with van der Waals surface area (Å²) in [6, 6.07) is 3.36. The Morgan fingerprint density at radius 3 is 2.94 bits per heavy atom. The predicted octanol–water partition coefficient (Wildman–Crippen LogP) is 0.832. The fourth-order valence-corrected chi connectivity index (χ4v) is 1.29. The molecule has 17 heavy (non-hydrogen) atoms. The molecule has 0 aliphatic heterocycles. The normalized spacial score (nSPS) is 10.2. The van der Waals surface area contributed by atoms with E-state index in [9.17, 15) is 4.79 Å². The van der Waals surface area contributed by atoms with Crippen LogP contribution in [0.3, 0.4) is 0 Å². The van der Waals surface area contributed by atoms with E-state index in [-0.39, 0.29) is 5.75 Å². The van der Waals surface area contributed by atoms with E-state index < -0.39 is 6.09 Å². The molecule has 2 heterocycles. The minimum Gasteiger partial charge on any atom is -0.407 e. The number of hydrogen-bond acceptors (Lipinski definition) is 5. The summed E-state index contributed by atoms with van der Waals surface area (Å²) in [5, 5.41) is 11.9. The lowest BCUT2D eigenvalue weighted by atomic mass is 10.4. The molecule has 88 valence electrons. The molecule has 0 aromatic carbocycles. The first-order chi connectivity index (χ1) is 8.13. The first-order valence-corrected chi connectivity index (χ1v) is 4.99. The fourth-order valence-electron chi connectivity index (χ4n) is 1.19. The average molecular weight is 254 g/mol. The first-order valence-electron chi connectivity index (χ1n) is 4.61. The Morgan fingerprint density at radius 1 is 1.47 bits per heavy atom. The maximum atomic E-state index is 10.5. The molecule has 0 spiro atoms. The Balaban J connectivity index is 2.06. The highest BCUT2D eigenvalue weighted by molar-refractivity contribution is 6.29. The maximum absolute atomic E-state index is 10.5. The zero-order valence-electron chi connectivity index (χ0n) is 8.58. The van der Waals surface area contributed by atoms with Gasteiger partial charge in [-0.2, -0.15) is 10.2 Å². The highest BCUT2D eigenvalue weighted by Crippen LogP contribution is 2.09. The molecule has 2 aromatic rings. The monoisotopic (exact) mass is 253 g/mol. The molecule has 2 N–H and O–H groups in total. The van der Waals surface area contributed by atoms with E-state index in [4.69, 9.17) is 17.3 Å². The number of halogens is 1. The van der Waals surface area contributed by atoms with Gasteiger partial charge in [0.05, 0.1) is 24.6 Å². The molecule has 0 aliphatic rings. The number of ether oxygens (including phenoxy) is 1. The van der Waals surface area contributed by atoms with E-state index in [1.54, 1.807) is 12.1 Å². The Kier molecular flexibility index (Phi) is 3.20. The van der Waals surface area contributed by atoms with Crippen LogP contribution in [0.4, 0.5) is 4.79 Å². The minimum atomic E-state index is -0.879. The van der Waals surface area contributed by atoms with Gasteiger partial charge in [-0.1, -0.05) is 11.6 Å². The molecule has 2 aromatic heterocycles. The predicted molar refractivity (Wildman–Crippen MR) is 58.6 cm³/mol. The van der Waals surface area contributed by atoms with Crippen molar-refractivity contribution < 1.29 is 9.53 Å². The number of carbonyl (C=O) groups is 1. The number of hydrogen-bond donors (Lipinski definition) is 1. The zero-order chi connectivity index (χ0) is 12.3. The zero-order valence-corrected chi connectivity index (χ0v) is 9.33. The van der Waals surface area contributed by atoms with Crippen molar-refractivity contribution in [3.05, 3.63) is 35.4 Å². The number of nitrogens with two attached hydrogens (primary N) is 1. The van der Waals surface area contributed by atoms with Crippen molar-refractivity contribution in [3.63, 3.8) is 0 Å². The van der Waals surface area contributed by atoms with Crippen LogP contribution in [0.2, 0.25) is 5.15 Å². The van der Waals surface area contributed by atoms with Gasteiger partial charge in [-0.15, -0.1) is 5.10 Å². The second-order valence-corrected chi connectivity index (χ2v) is 3.53. The Hall–Kier alpha value is -2.15. The highest BCUT2D eigenvalue weighted by atomic mass is 35.5. The summed E-state index contributed by atoms with van der Waals surface area (Å²) in [6.45, 7) is 0.395. The number of nitrogens with zero attached hydrogens (tertiary/aromatic N) is 4. The lowest BCUT2D eigenvalue weighted by Crippen LogP contribution is -2.15. The van der Waals surface area contributed by atoms with Gasteiger partial charge in [-0.05, 0) is 12.1 Å². The summed E-state index contributed by atoms with van der Waals surface area (Å²) in [5.74, 6) is 0.277. The van der Waals surface area contributed by atoms with E-state index in [1.165, 1.54) is 17.1 Å². The molecule has 1 amide bonds. The van der Waals surface area contributed by atoms with Crippen LogP contribution in [-0.2, 0) is 6.54 Å². The Bertz CT molecular complexity index is 524. The standard InChI is InChI=1S/C9H8ClN5O2/c10-8-2-1-6(13-14-8)4-15-5-7(3-12-15)17-9(11)16/h1-3,5H,4H2,(H2,11,16). The van der Waals surface area contributed by atoms with Crippen molar-refractivity contribution in [1.29, 1.82) is 0 Å². The molecule has 0 saturated heterocycles. The van der Waals surface area contributed by atoms with Crippen LogP contribution in [0.5, 0.6) is 5.75 Å². The van der Waals surface area contributed by atoms with Crippen LogP contribution in [0.1, 0.15) is 5.69 Å². The molecular weight excluding hydrogens is 246 g/mol. The van der Waals surface area contributed by atoms with Crippen molar-refractivity contribution in [2.24, 2.45) is 5.73 Å². The van der Waals surface area contributed by atoms with Gasteiger partial charge >= 0.3 is 6.09 Å². The number of rotatable bonds is 3. The van der Waals surface area contributed by atoms with Gasteiger partial charge in [-0.25, -0.2) is 4.79 Å². The van der Waals surface area contributed by atoms with Crippen molar-refractivity contribution in [3.8, 4) is 5.75 Å². The van der Waals surface area contributed by atoms with Gasteiger partial charge in [0.1, 0.15) is 0 Å². The van der Waals surface area contributed by atoms with Gasteiger partial charge in [-0.3, -0.25) is 4.68 Å². The Morgan fingerprint density at radius 2 is 2.29 bits per heavy atom. The van der Waals surface area contributed by atoms with Gasteiger partial charge in [0.2, 0.25) is 0 Å². The van der Waals surface area contributed by atoms with Crippen LogP contribution in [0.15, 0.2) is 24.5 Å². The summed E-state index contributed by atoms with van der Waals surface area (Å²) in [7, 11) is 0. The van der Waals surface area contributed by atoms with Crippen LogP contribution >= 0.6 is 11.6 Å². The van der Waals surface area contributed by atoms with Crippen molar-refractivity contribution in [2.45, 2.75) is 6.54 Å². The van der Waals surface area contributed by atoms with Crippen LogP contribution < -0.4 is 10.5 Å². The molecule has 7 nitrogen and oxygen atoms in total. The molecule has 8 heteroatoms. The highest BCUT2D eigenvalue weighted by Gasteiger charge is 2.04. The summed E-state index contributed by atoms with van der Waals surface area (Å²) in [6.07, 6.45) is 2.03. The number of amides is 1. The smallest absolute Gasteiger partial charge is 0.407 e. The van der Waals surface area contributed by atoms with Crippen LogP contribution in [0.25, 0.3) is 0 Å². The summed E-state index contributed by atoms with van der Waals surface area (Å²) in [5.41, 5.74) is 5.55. The first kappa shape index (κ1) is 11.3. The molecule has 0 radical (unpaired) electrons. The molecule has 0 atom stereocenters. The molecule has 0 aliphatic carbocycles. The lowest BCUT2D eigenvalue weighted by Gasteiger charge is -1.99. The quantitative estimate of drug-likeness (QED) is 0.874. The van der Waals surface area contributed by atoms with E-state index in [1.807, 2.05) is 0 Å². The third kappa shape index (κ3) is 3.15. The van der Waals surface area contributed by atoms with Crippen LogP contribution in [-0.4, -0.2) is 26.1 Å². The van der Waals surface area contributed by atoms with Gasteiger partial charge < -0.3 is 10.5 Å². The van der Waals surface area contributed by atoms with E-state index in [0.29, 0.717) is 17.4 Å². The van der Waals surface area contributed by atoms with E-state index in [2.05, 4.69) is 20.0 Å². The molecule has 0 saturated carbocycles. The minimum absolute atomic E-state index is 0.277. The van der Waals surface area contributed by atoms with E-state index >= 15 is 0 Å². The fraction of sp³-hybridized carbons (Fsp3) is 0.111. The maximum Gasteiger partial charge on any atom is 0.410 e. The molecule has 0 unspecified atom stereocenters. The number of primary amides is 1. The number of aromatic nitrogens is 4. The van der Waals surface area contributed by atoms with E-state index in [0.717, 1.165) is 0 Å².